The van der Waals surface area contributed by atoms with Crippen LogP contribution >= 0.6 is 23.4 Å². The van der Waals surface area contributed by atoms with Gasteiger partial charge in [0.2, 0.25) is 0 Å². The SMILES string of the molecule is CCOC(=O)c1c(CSc2ccc(Cl)cc2)oc2ccc(O)c(C[NH+](C)C)c12. The maximum atomic E-state index is 12.7. The number of ether oxygens (including phenoxy) is 1. The van der Waals surface area contributed by atoms with Crippen molar-refractivity contribution in [1.29, 1.82) is 0 Å². The van der Waals surface area contributed by atoms with E-state index in [1.165, 1.54) is 0 Å². The number of quaternary nitrogens is 1. The summed E-state index contributed by atoms with van der Waals surface area (Å²) in [4.78, 5) is 14.9. The Kier molecular flexibility index (Phi) is 6.54. The van der Waals surface area contributed by atoms with Crippen LogP contribution in [0.25, 0.3) is 11.0 Å². The average molecular weight is 421 g/mol. The molecule has 0 aliphatic rings. The van der Waals surface area contributed by atoms with E-state index < -0.39 is 5.97 Å². The van der Waals surface area contributed by atoms with E-state index in [0.29, 0.717) is 45.2 Å². The predicted octanol–water partition coefficient (Wildman–Crippen LogP) is 3.91. The minimum absolute atomic E-state index is 0.150. The number of furan rings is 1. The van der Waals surface area contributed by atoms with Gasteiger partial charge in [-0.2, -0.15) is 0 Å². The van der Waals surface area contributed by atoms with Crippen LogP contribution in [0, 0.1) is 0 Å². The highest BCUT2D eigenvalue weighted by molar-refractivity contribution is 7.98. The summed E-state index contributed by atoms with van der Waals surface area (Å²) in [5, 5.41) is 11.7. The fourth-order valence-electron chi connectivity index (χ4n) is 3.03. The van der Waals surface area contributed by atoms with Gasteiger partial charge < -0.3 is 19.2 Å². The summed E-state index contributed by atoms with van der Waals surface area (Å²) < 4.78 is 11.3. The lowest BCUT2D eigenvalue weighted by molar-refractivity contribution is -0.872. The number of phenols is 1. The highest BCUT2D eigenvalue weighted by Crippen LogP contribution is 2.37. The van der Waals surface area contributed by atoms with Gasteiger partial charge in [-0.3, -0.25) is 0 Å². The van der Waals surface area contributed by atoms with E-state index in [9.17, 15) is 9.90 Å². The van der Waals surface area contributed by atoms with Crippen molar-refractivity contribution >= 4 is 40.3 Å². The molecule has 0 aliphatic heterocycles. The molecule has 0 saturated heterocycles. The second kappa shape index (κ2) is 8.90. The number of hydrogen-bond acceptors (Lipinski definition) is 5. The van der Waals surface area contributed by atoms with Crippen LogP contribution in [-0.2, 0) is 17.0 Å². The van der Waals surface area contributed by atoms with Gasteiger partial charge >= 0.3 is 5.97 Å². The lowest BCUT2D eigenvalue weighted by atomic mass is 10.0. The largest absolute Gasteiger partial charge is 0.507 e. The molecule has 2 aromatic carbocycles. The van der Waals surface area contributed by atoms with Gasteiger partial charge in [-0.25, -0.2) is 4.79 Å². The van der Waals surface area contributed by atoms with E-state index in [1.54, 1.807) is 30.8 Å². The molecule has 28 heavy (non-hydrogen) atoms. The number of benzene rings is 2. The Labute approximate surface area is 173 Å². The van der Waals surface area contributed by atoms with Gasteiger partial charge in [-0.15, -0.1) is 11.8 Å². The fraction of sp³-hybridized carbons (Fsp3) is 0.286. The lowest BCUT2D eigenvalue weighted by Gasteiger charge is -2.11. The van der Waals surface area contributed by atoms with Crippen molar-refractivity contribution in [2.45, 2.75) is 24.1 Å². The molecule has 3 rings (SSSR count). The zero-order chi connectivity index (χ0) is 20.3. The van der Waals surface area contributed by atoms with Crippen LogP contribution in [0.2, 0.25) is 5.02 Å². The van der Waals surface area contributed by atoms with Crippen molar-refractivity contribution in [3.63, 3.8) is 0 Å². The highest BCUT2D eigenvalue weighted by atomic mass is 35.5. The normalized spacial score (nSPS) is 11.3. The maximum Gasteiger partial charge on any atom is 0.342 e. The third kappa shape index (κ3) is 4.46. The molecule has 0 radical (unpaired) electrons. The highest BCUT2D eigenvalue weighted by Gasteiger charge is 2.26. The number of carbonyl (C=O) groups is 1. The number of thioether (sulfide) groups is 1. The van der Waals surface area contributed by atoms with Crippen molar-refractivity contribution in [2.24, 2.45) is 0 Å². The van der Waals surface area contributed by atoms with Crippen LogP contribution in [0.1, 0.15) is 28.6 Å². The van der Waals surface area contributed by atoms with Crippen molar-refractivity contribution in [1.82, 2.24) is 0 Å². The van der Waals surface area contributed by atoms with Crippen LogP contribution in [0.3, 0.4) is 0 Å². The van der Waals surface area contributed by atoms with E-state index in [4.69, 9.17) is 20.8 Å². The minimum Gasteiger partial charge on any atom is -0.507 e. The van der Waals surface area contributed by atoms with Gasteiger partial charge in [0, 0.05) is 15.3 Å². The smallest absolute Gasteiger partial charge is 0.342 e. The molecule has 0 spiro atoms. The molecule has 2 N–H and O–H groups in total. The van der Waals surface area contributed by atoms with Crippen LogP contribution in [0.5, 0.6) is 5.75 Å². The Balaban J connectivity index is 2.06. The van der Waals surface area contributed by atoms with Gasteiger partial charge in [0.25, 0.3) is 0 Å². The molecular weight excluding hydrogens is 398 g/mol. The number of phenolic OH excluding ortho intramolecular Hbond substituents is 1. The minimum atomic E-state index is -0.437. The van der Waals surface area contributed by atoms with Gasteiger partial charge in [0.15, 0.2) is 0 Å². The number of halogens is 1. The van der Waals surface area contributed by atoms with Crippen molar-refractivity contribution in [3.05, 3.63) is 58.3 Å². The summed E-state index contributed by atoms with van der Waals surface area (Å²) in [5.41, 5.74) is 1.65. The van der Waals surface area contributed by atoms with E-state index in [1.807, 2.05) is 38.4 Å². The Morgan fingerprint density at radius 1 is 1.21 bits per heavy atom. The molecule has 148 valence electrons. The Hall–Kier alpha value is -2.15. The van der Waals surface area contributed by atoms with E-state index in [0.717, 1.165) is 9.80 Å². The molecule has 0 atom stereocenters. The van der Waals surface area contributed by atoms with E-state index in [-0.39, 0.29) is 12.4 Å². The second-order valence-corrected chi connectivity index (χ2v) is 8.17. The molecule has 3 aromatic rings. The number of fused-ring (bicyclic) bond motifs is 1. The molecule has 7 heteroatoms. The lowest BCUT2D eigenvalue weighted by Crippen LogP contribution is -3.04. The summed E-state index contributed by atoms with van der Waals surface area (Å²) in [6.07, 6.45) is 0. The van der Waals surface area contributed by atoms with Crippen molar-refractivity contribution < 1.29 is 24.0 Å². The maximum absolute atomic E-state index is 12.7. The molecule has 0 amide bonds. The third-order valence-electron chi connectivity index (χ3n) is 4.21. The summed E-state index contributed by atoms with van der Waals surface area (Å²) in [6.45, 7) is 2.59. The number of rotatable bonds is 7. The Morgan fingerprint density at radius 2 is 1.93 bits per heavy atom. The Bertz CT molecular complexity index is 982. The first-order valence-corrected chi connectivity index (χ1v) is 10.4. The standard InChI is InChI=1S/C21H22ClNO4S/c1-4-26-21(25)20-18(12-28-14-7-5-13(22)6-8-14)27-17-10-9-16(24)15(19(17)20)11-23(2)3/h5-10,24H,4,11-12H2,1-3H3/p+1. The molecule has 0 aliphatic carbocycles. The van der Waals surface area contributed by atoms with Gasteiger partial charge in [-0.1, -0.05) is 11.6 Å². The summed E-state index contributed by atoms with van der Waals surface area (Å²) >= 11 is 7.49. The monoisotopic (exact) mass is 420 g/mol. The van der Waals surface area contributed by atoms with Crippen molar-refractivity contribution in [2.75, 3.05) is 20.7 Å². The number of carbonyl (C=O) groups excluding carboxylic acids is 1. The number of aromatic hydroxyl groups is 1. The topological polar surface area (TPSA) is 64.1 Å². The first-order chi connectivity index (χ1) is 13.4. The first-order valence-electron chi connectivity index (χ1n) is 9.01. The van der Waals surface area contributed by atoms with E-state index in [2.05, 4.69) is 0 Å². The molecule has 0 bridgehead atoms. The molecule has 0 saturated carbocycles. The van der Waals surface area contributed by atoms with Gasteiger partial charge in [-0.05, 0) is 43.3 Å². The van der Waals surface area contributed by atoms with Gasteiger partial charge in [0.1, 0.15) is 29.2 Å². The quantitative estimate of drug-likeness (QED) is 0.448. The zero-order valence-corrected chi connectivity index (χ0v) is 17.6. The van der Waals surface area contributed by atoms with Crippen LogP contribution < -0.4 is 4.90 Å². The first kappa shape index (κ1) is 20.6. The zero-order valence-electron chi connectivity index (χ0n) is 16.0. The summed E-state index contributed by atoms with van der Waals surface area (Å²) in [5.74, 6) is 0.707. The molecule has 1 heterocycles. The molecule has 5 nitrogen and oxygen atoms in total. The average Bonchev–Trinajstić information content (AvgIpc) is 3.02. The molecule has 1 aromatic heterocycles. The van der Waals surface area contributed by atoms with Crippen LogP contribution in [-0.4, -0.2) is 31.8 Å². The number of esters is 1. The Morgan fingerprint density at radius 3 is 2.57 bits per heavy atom. The third-order valence-corrected chi connectivity index (χ3v) is 5.47. The van der Waals surface area contributed by atoms with Crippen molar-refractivity contribution in [3.8, 4) is 5.75 Å². The summed E-state index contributed by atoms with van der Waals surface area (Å²) in [7, 11) is 3.97. The predicted molar refractivity (Wildman–Crippen MR) is 111 cm³/mol. The van der Waals surface area contributed by atoms with E-state index >= 15 is 0 Å². The summed E-state index contributed by atoms with van der Waals surface area (Å²) in [6, 6.07) is 10.8. The number of hydrogen-bond donors (Lipinski definition) is 2. The molecule has 0 unspecified atom stereocenters. The molecule has 0 fully saturated rings. The van der Waals surface area contributed by atoms with Crippen LogP contribution in [0.4, 0.5) is 0 Å². The number of nitrogens with one attached hydrogen (secondary N) is 1. The van der Waals surface area contributed by atoms with Gasteiger partial charge in [0.05, 0.1) is 32.0 Å². The fourth-order valence-corrected chi connectivity index (χ4v) is 3.99. The second-order valence-electron chi connectivity index (χ2n) is 6.68. The van der Waals surface area contributed by atoms with Crippen LogP contribution in [0.15, 0.2) is 45.7 Å². The molecular formula is C21H23ClNO4S+.